The lowest BCUT2D eigenvalue weighted by atomic mass is 10.8. The first kappa shape index (κ1) is 10.6. The Hall–Kier alpha value is -0.290. The second kappa shape index (κ2) is 9.86. The largest absolute Gasteiger partial charge is 0.395 e. The summed E-state index contributed by atoms with van der Waals surface area (Å²) in [5, 5.41) is 7.75. The van der Waals surface area contributed by atoms with Crippen LogP contribution in [0.25, 0.3) is 0 Å². The fourth-order valence-electron chi connectivity index (χ4n) is 0. The average Bonchev–Trinajstić information content (AvgIpc) is 1.65. The Morgan fingerprint density at radius 1 is 1.38 bits per heavy atom. The summed E-state index contributed by atoms with van der Waals surface area (Å²) in [4.78, 5) is 0. The number of aliphatic hydroxyl groups is 1. The molecule has 0 atom stereocenters. The van der Waals surface area contributed by atoms with E-state index in [1.807, 2.05) is 0 Å². The van der Waals surface area contributed by atoms with E-state index in [-0.39, 0.29) is 6.61 Å². The van der Waals surface area contributed by atoms with Crippen LogP contribution in [0, 0.1) is 0 Å². The lowest BCUT2D eigenvalue weighted by Gasteiger charge is -1.71. The van der Waals surface area contributed by atoms with Crippen molar-refractivity contribution in [2.24, 2.45) is 5.73 Å². The molecule has 0 unspecified atom stereocenters. The second-order valence-electron chi connectivity index (χ2n) is 0.760. The second-order valence-corrected chi connectivity index (χ2v) is 0.760. The molecule has 0 aromatic rings. The predicted octanol–water partition coefficient (Wildman–Crippen LogP) is 0.116. The minimum absolute atomic E-state index is 0.0972. The van der Waals surface area contributed by atoms with Crippen LogP contribution in [0.2, 0.25) is 0 Å². The third kappa shape index (κ3) is 251. The van der Waals surface area contributed by atoms with E-state index in [0.717, 1.165) is 0 Å². The van der Waals surface area contributed by atoms with Crippen molar-refractivity contribution in [1.82, 2.24) is 0 Å². The minimum atomic E-state index is -3.67. The average molecular weight is 131 g/mol. The van der Waals surface area contributed by atoms with Crippen LogP contribution in [-0.4, -0.2) is 24.9 Å². The molecule has 0 radical (unpaired) electrons. The lowest BCUT2D eigenvalue weighted by molar-refractivity contribution is 0.00819. The Kier molecular flexibility index (Phi) is 13.1. The fraction of sp³-hybridized carbons (Fsp3) is 1.00. The van der Waals surface area contributed by atoms with Gasteiger partial charge in [0, 0.05) is 6.54 Å². The number of hydrogen-bond acceptors (Lipinski definition) is 2. The highest BCUT2D eigenvalue weighted by Crippen LogP contribution is 1.87. The van der Waals surface area contributed by atoms with Crippen LogP contribution < -0.4 is 5.73 Å². The molecule has 0 rings (SSSR count). The molecule has 52 valence electrons. The van der Waals surface area contributed by atoms with Crippen LogP contribution in [0.3, 0.4) is 0 Å². The van der Waals surface area contributed by atoms with E-state index in [9.17, 15) is 13.2 Å². The summed E-state index contributed by atoms with van der Waals surface area (Å²) in [6.07, 6.45) is 0. The maximum absolute atomic E-state index is 9.67. The Morgan fingerprint density at radius 3 is 1.50 bits per heavy atom. The molecule has 0 aliphatic rings. The summed E-state index contributed by atoms with van der Waals surface area (Å²) in [7, 11) is 0. The molecule has 0 aromatic heterocycles. The number of rotatable bonds is 1. The monoisotopic (exact) mass is 131 g/mol. The number of hydrogen-bond donors (Lipinski definition) is 2. The van der Waals surface area contributed by atoms with Crippen LogP contribution in [0.4, 0.5) is 13.2 Å². The molecule has 0 saturated carbocycles. The highest BCUT2D eigenvalue weighted by molar-refractivity contribution is 4.17. The molecule has 0 heterocycles. The Labute approximate surface area is 45.1 Å². The van der Waals surface area contributed by atoms with Gasteiger partial charge in [0.2, 0.25) is 0 Å². The van der Waals surface area contributed by atoms with Gasteiger partial charge in [0.1, 0.15) is 0 Å². The van der Waals surface area contributed by atoms with E-state index in [2.05, 4.69) is 0 Å². The topological polar surface area (TPSA) is 46.2 Å². The van der Waals surface area contributed by atoms with Crippen molar-refractivity contribution in [2.45, 2.75) is 6.68 Å². The molecule has 0 aliphatic heterocycles. The van der Waals surface area contributed by atoms with Crippen LogP contribution in [0.15, 0.2) is 0 Å². The Morgan fingerprint density at radius 2 is 1.50 bits per heavy atom. The Bertz CT molecular complexity index is 31.0. The van der Waals surface area contributed by atoms with Crippen molar-refractivity contribution in [1.29, 1.82) is 0 Å². The molecule has 0 aliphatic carbocycles. The van der Waals surface area contributed by atoms with Crippen molar-refractivity contribution < 1.29 is 18.3 Å². The molecule has 3 N–H and O–H groups in total. The van der Waals surface area contributed by atoms with E-state index in [4.69, 9.17) is 10.8 Å². The van der Waals surface area contributed by atoms with Crippen LogP contribution >= 0.6 is 0 Å². The summed E-state index contributed by atoms with van der Waals surface area (Å²) in [5.74, 6) is 0. The molecule has 0 saturated heterocycles. The molecular weight excluding hydrogens is 123 g/mol. The summed E-state index contributed by atoms with van der Waals surface area (Å²) < 4.78 is 29.0. The molecule has 2 nitrogen and oxygen atoms in total. The van der Waals surface area contributed by atoms with Gasteiger partial charge in [-0.15, -0.1) is 0 Å². The van der Waals surface area contributed by atoms with Crippen LogP contribution in [-0.2, 0) is 0 Å². The molecule has 0 amide bonds. The SMILES string of the molecule is FC(F)F.NCCO. The van der Waals surface area contributed by atoms with Gasteiger partial charge in [0.05, 0.1) is 6.61 Å². The van der Waals surface area contributed by atoms with Crippen molar-refractivity contribution in [3.8, 4) is 0 Å². The number of aliphatic hydroxyl groups excluding tert-OH is 1. The smallest absolute Gasteiger partial charge is 0.379 e. The first-order valence-electron chi connectivity index (χ1n) is 1.88. The van der Waals surface area contributed by atoms with E-state index in [1.54, 1.807) is 0 Å². The third-order valence-electron chi connectivity index (χ3n) is 0.129. The van der Waals surface area contributed by atoms with Gasteiger partial charge in [-0.25, -0.2) is 0 Å². The van der Waals surface area contributed by atoms with Gasteiger partial charge in [0.25, 0.3) is 0 Å². The van der Waals surface area contributed by atoms with Crippen LogP contribution in [0.1, 0.15) is 0 Å². The van der Waals surface area contributed by atoms with E-state index >= 15 is 0 Å². The fourth-order valence-corrected chi connectivity index (χ4v) is 0. The van der Waals surface area contributed by atoms with Gasteiger partial charge in [-0.2, -0.15) is 13.2 Å². The quantitative estimate of drug-likeness (QED) is 0.530. The first-order valence-corrected chi connectivity index (χ1v) is 1.88. The van der Waals surface area contributed by atoms with E-state index < -0.39 is 6.68 Å². The predicted molar refractivity (Wildman–Crippen MR) is 23.3 cm³/mol. The molecule has 0 spiro atoms. The molecule has 5 heteroatoms. The zero-order valence-corrected chi connectivity index (χ0v) is 4.15. The zero-order chi connectivity index (χ0) is 6.99. The number of alkyl halides is 3. The third-order valence-corrected chi connectivity index (χ3v) is 0.129. The van der Waals surface area contributed by atoms with Crippen LogP contribution in [0.5, 0.6) is 0 Å². The molecule has 0 bridgehead atoms. The van der Waals surface area contributed by atoms with Gasteiger partial charge in [0.15, 0.2) is 0 Å². The maximum atomic E-state index is 9.67. The summed E-state index contributed by atoms with van der Waals surface area (Å²) >= 11 is 0. The minimum Gasteiger partial charge on any atom is -0.395 e. The molecule has 0 aromatic carbocycles. The number of halogens is 3. The highest BCUT2D eigenvalue weighted by Gasteiger charge is 1.86. The summed E-state index contributed by atoms with van der Waals surface area (Å²) in [6, 6.07) is 0. The normalized spacial score (nSPS) is 8.25. The summed E-state index contributed by atoms with van der Waals surface area (Å²) in [5.41, 5.74) is 4.78. The lowest BCUT2D eigenvalue weighted by Crippen LogP contribution is -2.02. The number of nitrogens with two attached hydrogens (primary N) is 1. The van der Waals surface area contributed by atoms with E-state index in [1.165, 1.54) is 0 Å². The van der Waals surface area contributed by atoms with Gasteiger partial charge < -0.3 is 10.8 Å². The van der Waals surface area contributed by atoms with E-state index in [0.29, 0.717) is 6.54 Å². The molecular formula is C3H8F3NO. The first-order chi connectivity index (χ1) is 3.65. The van der Waals surface area contributed by atoms with Crippen molar-refractivity contribution in [3.05, 3.63) is 0 Å². The zero-order valence-electron chi connectivity index (χ0n) is 4.15. The standard InChI is InChI=1S/C2H7NO.CHF3/c3-1-2-4;2-1(3)4/h4H,1-3H2;1H. The van der Waals surface area contributed by atoms with Crippen molar-refractivity contribution in [3.63, 3.8) is 0 Å². The van der Waals surface area contributed by atoms with Crippen molar-refractivity contribution >= 4 is 0 Å². The van der Waals surface area contributed by atoms with Gasteiger partial charge in [-0.1, -0.05) is 0 Å². The van der Waals surface area contributed by atoms with Crippen molar-refractivity contribution in [2.75, 3.05) is 13.2 Å². The molecule has 0 fully saturated rings. The summed E-state index contributed by atoms with van der Waals surface area (Å²) in [6.45, 7) is -3.19. The van der Waals surface area contributed by atoms with Gasteiger partial charge in [-0.05, 0) is 0 Å². The Balaban J connectivity index is 0. The van der Waals surface area contributed by atoms with Gasteiger partial charge >= 0.3 is 6.68 Å². The maximum Gasteiger partial charge on any atom is 0.379 e. The highest BCUT2D eigenvalue weighted by atomic mass is 19.4. The van der Waals surface area contributed by atoms with Gasteiger partial charge in [-0.3, -0.25) is 0 Å². The molecule has 8 heavy (non-hydrogen) atoms.